The van der Waals surface area contributed by atoms with Crippen molar-refractivity contribution in [1.29, 1.82) is 0 Å². The van der Waals surface area contributed by atoms with Crippen molar-refractivity contribution in [2.75, 3.05) is 19.7 Å². The summed E-state index contributed by atoms with van der Waals surface area (Å²) >= 11 is 6.21. The number of hydrogen-bond donors (Lipinski definition) is 0. The molecule has 1 aromatic heterocycles. The predicted octanol–water partition coefficient (Wildman–Crippen LogP) is 4.67. The molecule has 0 radical (unpaired) electrons. The van der Waals surface area contributed by atoms with Crippen LogP contribution in [-0.2, 0) is 10.0 Å². The van der Waals surface area contributed by atoms with E-state index in [4.69, 9.17) is 20.8 Å². The van der Waals surface area contributed by atoms with Gasteiger partial charge in [0.25, 0.3) is 0 Å². The molecule has 1 atom stereocenters. The first-order valence-electron chi connectivity index (χ1n) is 10.2. The summed E-state index contributed by atoms with van der Waals surface area (Å²) in [6, 6.07) is 12.3. The molecule has 2 aromatic carbocycles. The van der Waals surface area contributed by atoms with E-state index in [1.54, 1.807) is 6.07 Å². The summed E-state index contributed by atoms with van der Waals surface area (Å²) in [5.74, 6) is 1.22. The second-order valence-electron chi connectivity index (χ2n) is 7.49. The summed E-state index contributed by atoms with van der Waals surface area (Å²) < 4.78 is 39.2. The van der Waals surface area contributed by atoms with Crippen LogP contribution in [0.5, 0.6) is 5.75 Å². The van der Waals surface area contributed by atoms with E-state index in [9.17, 15) is 8.42 Å². The van der Waals surface area contributed by atoms with Crippen LogP contribution in [0.2, 0.25) is 5.02 Å². The molecule has 0 spiro atoms. The number of rotatable bonds is 6. The first-order valence-corrected chi connectivity index (χ1v) is 12.0. The molecule has 2 heterocycles. The van der Waals surface area contributed by atoms with Gasteiger partial charge in [-0.3, -0.25) is 0 Å². The van der Waals surface area contributed by atoms with Gasteiger partial charge in [0, 0.05) is 18.7 Å². The second kappa shape index (κ2) is 8.98. The Bertz CT molecular complexity index is 1180. The summed E-state index contributed by atoms with van der Waals surface area (Å²) in [5.41, 5.74) is 1.92. The molecule has 164 valence electrons. The van der Waals surface area contributed by atoms with Gasteiger partial charge < -0.3 is 9.15 Å². The molecular formula is C22H24ClN3O4S. The molecule has 0 saturated carbocycles. The van der Waals surface area contributed by atoms with Crippen molar-refractivity contribution in [3.8, 4) is 17.2 Å². The van der Waals surface area contributed by atoms with Gasteiger partial charge in [0.2, 0.25) is 21.8 Å². The van der Waals surface area contributed by atoms with Crippen molar-refractivity contribution in [3.05, 3.63) is 58.9 Å². The summed E-state index contributed by atoms with van der Waals surface area (Å²) in [6.07, 6.45) is 1.49. The largest absolute Gasteiger partial charge is 0.492 e. The SMILES string of the molecule is CCOc1ccc(S(=O)(=O)N2CCCC(c3nnc(-c4ccccc4C)o3)C2)cc1Cl. The maximum atomic E-state index is 13.2. The Hall–Kier alpha value is -2.42. The van der Waals surface area contributed by atoms with E-state index in [-0.39, 0.29) is 22.4 Å². The highest BCUT2D eigenvalue weighted by molar-refractivity contribution is 7.89. The summed E-state index contributed by atoms with van der Waals surface area (Å²) in [5, 5.41) is 8.68. The van der Waals surface area contributed by atoms with Crippen LogP contribution >= 0.6 is 11.6 Å². The fraction of sp³-hybridized carbons (Fsp3) is 0.364. The lowest BCUT2D eigenvalue weighted by atomic mass is 10.00. The van der Waals surface area contributed by atoms with Crippen molar-refractivity contribution in [2.24, 2.45) is 0 Å². The van der Waals surface area contributed by atoms with Crippen molar-refractivity contribution in [3.63, 3.8) is 0 Å². The zero-order valence-electron chi connectivity index (χ0n) is 17.4. The Labute approximate surface area is 187 Å². The number of hydrogen-bond acceptors (Lipinski definition) is 6. The van der Waals surface area contributed by atoms with Crippen molar-refractivity contribution in [2.45, 2.75) is 37.5 Å². The maximum Gasteiger partial charge on any atom is 0.248 e. The molecule has 3 aromatic rings. The van der Waals surface area contributed by atoms with E-state index < -0.39 is 10.0 Å². The summed E-state index contributed by atoms with van der Waals surface area (Å²) in [7, 11) is -3.71. The Morgan fingerprint density at radius 1 is 1.23 bits per heavy atom. The van der Waals surface area contributed by atoms with Gasteiger partial charge in [-0.15, -0.1) is 10.2 Å². The predicted molar refractivity (Wildman–Crippen MR) is 118 cm³/mol. The third kappa shape index (κ3) is 4.46. The Morgan fingerprint density at radius 3 is 2.77 bits per heavy atom. The van der Waals surface area contributed by atoms with Gasteiger partial charge in [0.15, 0.2) is 0 Å². The van der Waals surface area contributed by atoms with Gasteiger partial charge in [0.1, 0.15) is 5.75 Å². The number of benzene rings is 2. The van der Waals surface area contributed by atoms with E-state index >= 15 is 0 Å². The van der Waals surface area contributed by atoms with E-state index in [0.29, 0.717) is 37.1 Å². The van der Waals surface area contributed by atoms with Gasteiger partial charge in [-0.05, 0) is 56.5 Å². The fourth-order valence-electron chi connectivity index (χ4n) is 3.75. The van der Waals surface area contributed by atoms with Gasteiger partial charge in [-0.2, -0.15) is 4.31 Å². The number of aromatic nitrogens is 2. The molecule has 0 aliphatic carbocycles. The summed E-state index contributed by atoms with van der Waals surface area (Å²) in [4.78, 5) is 0.146. The van der Waals surface area contributed by atoms with Crippen LogP contribution in [-0.4, -0.2) is 42.6 Å². The molecule has 7 nitrogen and oxygen atoms in total. The molecule has 1 aliphatic rings. The minimum atomic E-state index is -3.71. The summed E-state index contributed by atoms with van der Waals surface area (Å²) in [6.45, 7) is 4.99. The zero-order chi connectivity index (χ0) is 22.0. The lowest BCUT2D eigenvalue weighted by molar-refractivity contribution is 0.286. The minimum absolute atomic E-state index is 0.146. The lowest BCUT2D eigenvalue weighted by Gasteiger charge is -2.30. The number of nitrogens with zero attached hydrogens (tertiary/aromatic N) is 3. The first kappa shape index (κ1) is 21.8. The number of halogens is 1. The molecule has 1 unspecified atom stereocenters. The molecule has 4 rings (SSSR count). The monoisotopic (exact) mass is 461 g/mol. The highest BCUT2D eigenvalue weighted by Gasteiger charge is 2.33. The molecule has 1 aliphatic heterocycles. The van der Waals surface area contributed by atoms with Crippen LogP contribution < -0.4 is 4.74 Å². The standard InChI is InChI=1S/C22H24ClN3O4S/c1-3-29-20-11-10-17(13-19(20)23)31(27,28)26-12-6-8-16(14-26)21-24-25-22(30-21)18-9-5-4-7-15(18)2/h4-5,7,9-11,13,16H,3,6,8,12,14H2,1-2H3. The van der Waals surface area contributed by atoms with Crippen molar-refractivity contribution >= 4 is 21.6 Å². The van der Waals surface area contributed by atoms with Crippen molar-refractivity contribution in [1.82, 2.24) is 14.5 Å². The topological polar surface area (TPSA) is 85.5 Å². The van der Waals surface area contributed by atoms with Crippen LogP contribution in [0.4, 0.5) is 0 Å². The number of piperidine rings is 1. The Kier molecular flexibility index (Phi) is 6.31. The molecule has 0 N–H and O–H groups in total. The van der Waals surface area contributed by atoms with Crippen LogP contribution in [0.1, 0.15) is 37.1 Å². The van der Waals surface area contributed by atoms with Crippen LogP contribution in [0.25, 0.3) is 11.5 Å². The number of aryl methyl sites for hydroxylation is 1. The van der Waals surface area contributed by atoms with E-state index in [2.05, 4.69) is 10.2 Å². The van der Waals surface area contributed by atoms with Gasteiger partial charge in [-0.1, -0.05) is 29.8 Å². The van der Waals surface area contributed by atoms with Crippen molar-refractivity contribution < 1.29 is 17.6 Å². The highest BCUT2D eigenvalue weighted by atomic mass is 35.5. The van der Waals surface area contributed by atoms with E-state index in [1.165, 1.54) is 16.4 Å². The van der Waals surface area contributed by atoms with Crippen LogP contribution in [0.15, 0.2) is 51.8 Å². The first-order chi connectivity index (χ1) is 14.9. The van der Waals surface area contributed by atoms with Gasteiger partial charge in [-0.25, -0.2) is 8.42 Å². The smallest absolute Gasteiger partial charge is 0.248 e. The van der Waals surface area contributed by atoms with Gasteiger partial charge in [0.05, 0.1) is 22.4 Å². The van der Waals surface area contributed by atoms with Crippen LogP contribution in [0.3, 0.4) is 0 Å². The molecule has 1 fully saturated rings. The third-order valence-corrected chi connectivity index (χ3v) is 7.55. The highest BCUT2D eigenvalue weighted by Crippen LogP contribution is 2.33. The molecular weight excluding hydrogens is 438 g/mol. The Balaban J connectivity index is 1.55. The maximum absolute atomic E-state index is 13.2. The molecule has 0 amide bonds. The average molecular weight is 462 g/mol. The van der Waals surface area contributed by atoms with Crippen LogP contribution in [0, 0.1) is 6.92 Å². The Morgan fingerprint density at radius 2 is 2.03 bits per heavy atom. The average Bonchev–Trinajstić information content (AvgIpc) is 3.26. The normalized spacial score (nSPS) is 17.6. The fourth-order valence-corrected chi connectivity index (χ4v) is 5.60. The number of ether oxygens (including phenoxy) is 1. The number of sulfonamides is 1. The quantitative estimate of drug-likeness (QED) is 0.530. The van der Waals surface area contributed by atoms with E-state index in [0.717, 1.165) is 17.5 Å². The molecule has 0 bridgehead atoms. The molecule has 1 saturated heterocycles. The molecule has 9 heteroatoms. The second-order valence-corrected chi connectivity index (χ2v) is 9.83. The zero-order valence-corrected chi connectivity index (χ0v) is 19.0. The minimum Gasteiger partial charge on any atom is -0.492 e. The van der Waals surface area contributed by atoms with E-state index in [1.807, 2.05) is 38.1 Å². The lowest BCUT2D eigenvalue weighted by Crippen LogP contribution is -2.39. The molecule has 31 heavy (non-hydrogen) atoms. The third-order valence-electron chi connectivity index (χ3n) is 5.39. The van der Waals surface area contributed by atoms with Gasteiger partial charge >= 0.3 is 0 Å².